The van der Waals surface area contributed by atoms with E-state index in [1.165, 1.54) is 14.2 Å². The van der Waals surface area contributed by atoms with Crippen LogP contribution in [0.4, 0.5) is 0 Å². The van der Waals surface area contributed by atoms with E-state index in [0.29, 0.717) is 39.0 Å². The van der Waals surface area contributed by atoms with E-state index < -0.39 is 12.2 Å². The van der Waals surface area contributed by atoms with Gasteiger partial charge in [-0.2, -0.15) is 0 Å². The second-order valence-electron chi connectivity index (χ2n) is 8.69. The number of ether oxygens (including phenoxy) is 2. The number of nitrogens with zero attached hydrogens (tertiary/aromatic N) is 2. The zero-order chi connectivity index (χ0) is 24.5. The van der Waals surface area contributed by atoms with E-state index in [0.717, 1.165) is 11.1 Å². The molecule has 2 aromatic carbocycles. The van der Waals surface area contributed by atoms with Crippen LogP contribution in [0.3, 0.4) is 0 Å². The van der Waals surface area contributed by atoms with E-state index >= 15 is 0 Å². The molecule has 4 rings (SSSR count). The Morgan fingerprint density at radius 1 is 0.735 bits per heavy atom. The Balaban J connectivity index is 0.000000191. The molecule has 0 radical (unpaired) electrons. The highest BCUT2D eigenvalue weighted by Gasteiger charge is 2.37. The Hall–Kier alpha value is -2.78. The third-order valence-corrected chi connectivity index (χ3v) is 6.17. The normalized spacial score (nSPS) is 24.8. The standard InChI is InChI=1S/2C13H17NO3/c2*1-17-13(16)12-7-11(15)9-14(12)8-10-5-3-2-4-6-10/h2*2-6,11-12,15H,7-9H2,1H3/t2*11-,12-/m10/s1. The molecule has 0 spiro atoms. The number of hydrogen-bond donors (Lipinski definition) is 2. The number of rotatable bonds is 6. The van der Waals surface area contributed by atoms with Crippen molar-refractivity contribution in [2.24, 2.45) is 0 Å². The lowest BCUT2D eigenvalue weighted by molar-refractivity contribution is -0.146. The molecule has 2 aliphatic heterocycles. The number of hydrogen-bond acceptors (Lipinski definition) is 8. The summed E-state index contributed by atoms with van der Waals surface area (Å²) in [6.07, 6.45) is 0.0320. The van der Waals surface area contributed by atoms with Crippen molar-refractivity contribution >= 4 is 11.9 Å². The topological polar surface area (TPSA) is 99.5 Å². The lowest BCUT2D eigenvalue weighted by atomic mass is 10.2. The van der Waals surface area contributed by atoms with Gasteiger partial charge >= 0.3 is 11.9 Å². The summed E-state index contributed by atoms with van der Waals surface area (Å²) in [4.78, 5) is 27.1. The van der Waals surface area contributed by atoms with Crippen LogP contribution in [0, 0.1) is 0 Å². The van der Waals surface area contributed by atoms with Gasteiger partial charge in [-0.05, 0) is 11.1 Å². The van der Waals surface area contributed by atoms with E-state index in [1.807, 2.05) is 70.5 Å². The third kappa shape index (κ3) is 7.11. The number of carbonyl (C=O) groups excluding carboxylic acids is 2. The molecule has 0 unspecified atom stereocenters. The van der Waals surface area contributed by atoms with Crippen LogP contribution in [0.1, 0.15) is 24.0 Å². The first-order valence-corrected chi connectivity index (χ1v) is 11.5. The molecule has 2 aliphatic rings. The summed E-state index contributed by atoms with van der Waals surface area (Å²) in [6, 6.07) is 19.2. The summed E-state index contributed by atoms with van der Waals surface area (Å²) in [5.74, 6) is -0.532. The van der Waals surface area contributed by atoms with Crippen molar-refractivity contribution < 1.29 is 29.3 Å². The Labute approximate surface area is 200 Å². The number of benzene rings is 2. The summed E-state index contributed by atoms with van der Waals surface area (Å²) in [5, 5.41) is 19.3. The number of likely N-dealkylation sites (tertiary alicyclic amines) is 2. The minimum atomic E-state index is -0.442. The third-order valence-electron chi connectivity index (χ3n) is 6.17. The van der Waals surface area contributed by atoms with Crippen LogP contribution in [0.15, 0.2) is 60.7 Å². The maximum atomic E-state index is 11.6. The van der Waals surface area contributed by atoms with Crippen molar-refractivity contribution in [1.29, 1.82) is 0 Å². The molecule has 0 bridgehead atoms. The minimum Gasteiger partial charge on any atom is -0.468 e. The molecule has 0 saturated carbocycles. The van der Waals surface area contributed by atoms with Crippen LogP contribution < -0.4 is 0 Å². The number of carbonyl (C=O) groups is 2. The van der Waals surface area contributed by atoms with Gasteiger partial charge in [-0.25, -0.2) is 0 Å². The van der Waals surface area contributed by atoms with E-state index in [1.54, 1.807) is 0 Å². The number of esters is 2. The molecule has 2 saturated heterocycles. The fourth-order valence-corrected chi connectivity index (χ4v) is 4.51. The van der Waals surface area contributed by atoms with Crippen LogP contribution >= 0.6 is 0 Å². The number of aliphatic hydroxyl groups excluding tert-OH is 2. The molecule has 2 aromatic rings. The van der Waals surface area contributed by atoms with Gasteiger partial charge in [0.2, 0.25) is 0 Å². The van der Waals surface area contributed by atoms with Crippen LogP contribution in [0.25, 0.3) is 0 Å². The van der Waals surface area contributed by atoms with Gasteiger partial charge < -0.3 is 19.7 Å². The Kier molecular flexibility index (Phi) is 9.59. The Bertz CT molecular complexity index is 835. The highest BCUT2D eigenvalue weighted by atomic mass is 16.5. The number of β-amino-alcohol motifs (C(OH)–C–C–N with tert-alkyl or cyclic N) is 2. The maximum Gasteiger partial charge on any atom is 0.323 e. The van der Waals surface area contributed by atoms with Crippen molar-refractivity contribution in [2.45, 2.75) is 50.2 Å². The molecular weight excluding hydrogens is 436 g/mol. The van der Waals surface area contributed by atoms with Crippen molar-refractivity contribution in [3.05, 3.63) is 71.8 Å². The predicted octanol–water partition coefficient (Wildman–Crippen LogP) is 1.59. The molecule has 2 fully saturated rings. The van der Waals surface area contributed by atoms with Crippen LogP contribution in [0.2, 0.25) is 0 Å². The molecule has 34 heavy (non-hydrogen) atoms. The van der Waals surface area contributed by atoms with Crippen molar-refractivity contribution in [3.63, 3.8) is 0 Å². The van der Waals surface area contributed by atoms with Gasteiger partial charge in [0.15, 0.2) is 0 Å². The largest absolute Gasteiger partial charge is 0.468 e. The monoisotopic (exact) mass is 470 g/mol. The second-order valence-corrected chi connectivity index (χ2v) is 8.69. The lowest BCUT2D eigenvalue weighted by Gasteiger charge is -2.21. The van der Waals surface area contributed by atoms with Gasteiger partial charge in [0, 0.05) is 39.0 Å². The molecule has 2 N–H and O–H groups in total. The van der Waals surface area contributed by atoms with Crippen LogP contribution in [-0.2, 0) is 32.2 Å². The number of aliphatic hydroxyl groups is 2. The van der Waals surface area contributed by atoms with Gasteiger partial charge in [0.25, 0.3) is 0 Å². The molecule has 2 heterocycles. The first-order valence-electron chi connectivity index (χ1n) is 11.5. The van der Waals surface area contributed by atoms with Crippen LogP contribution in [0.5, 0.6) is 0 Å². The van der Waals surface area contributed by atoms with Crippen LogP contribution in [-0.4, -0.2) is 83.6 Å². The Morgan fingerprint density at radius 2 is 1.09 bits per heavy atom. The van der Waals surface area contributed by atoms with E-state index in [2.05, 4.69) is 0 Å². The summed E-state index contributed by atoms with van der Waals surface area (Å²) in [6.45, 7) is 2.37. The minimum absolute atomic E-state index is 0.266. The van der Waals surface area contributed by atoms with Gasteiger partial charge in [-0.1, -0.05) is 60.7 Å². The first kappa shape index (κ1) is 25.8. The quantitative estimate of drug-likeness (QED) is 0.614. The molecule has 8 heteroatoms. The number of methoxy groups -OCH3 is 2. The average Bonchev–Trinajstić information content (AvgIpc) is 3.41. The van der Waals surface area contributed by atoms with Crippen molar-refractivity contribution in [2.75, 3.05) is 27.3 Å². The summed E-state index contributed by atoms with van der Waals surface area (Å²) in [5.41, 5.74) is 2.27. The molecule has 8 nitrogen and oxygen atoms in total. The second kappa shape index (κ2) is 12.6. The van der Waals surface area contributed by atoms with Crippen molar-refractivity contribution in [3.8, 4) is 0 Å². The fourth-order valence-electron chi connectivity index (χ4n) is 4.51. The molecule has 4 atom stereocenters. The Morgan fingerprint density at radius 3 is 1.41 bits per heavy atom. The fraction of sp³-hybridized carbons (Fsp3) is 0.462. The zero-order valence-electron chi connectivity index (χ0n) is 19.7. The summed E-state index contributed by atoms with van der Waals surface area (Å²) < 4.78 is 9.52. The molecule has 0 amide bonds. The average molecular weight is 471 g/mol. The summed E-state index contributed by atoms with van der Waals surface area (Å²) in [7, 11) is 2.77. The zero-order valence-corrected chi connectivity index (χ0v) is 19.7. The van der Waals surface area contributed by atoms with E-state index in [9.17, 15) is 19.8 Å². The highest BCUT2D eigenvalue weighted by molar-refractivity contribution is 5.76. The predicted molar refractivity (Wildman–Crippen MR) is 127 cm³/mol. The van der Waals surface area contributed by atoms with Gasteiger partial charge in [-0.3, -0.25) is 19.4 Å². The van der Waals surface area contributed by atoms with Gasteiger partial charge in [0.1, 0.15) is 12.1 Å². The maximum absolute atomic E-state index is 11.6. The van der Waals surface area contributed by atoms with E-state index in [4.69, 9.17) is 9.47 Å². The molecular formula is C26H34N2O6. The highest BCUT2D eigenvalue weighted by Crippen LogP contribution is 2.22. The first-order chi connectivity index (χ1) is 16.4. The van der Waals surface area contributed by atoms with Crippen molar-refractivity contribution in [1.82, 2.24) is 9.80 Å². The molecule has 184 valence electrons. The van der Waals surface area contributed by atoms with E-state index in [-0.39, 0.29) is 24.0 Å². The van der Waals surface area contributed by atoms with Gasteiger partial charge in [0.05, 0.1) is 26.4 Å². The molecule has 0 aromatic heterocycles. The SMILES string of the molecule is COC(=O)[C@@H]1C[C@H](O)CN1Cc1ccccc1.COC(=O)[C@H]1C[C@@H](O)CN1Cc1ccccc1. The molecule has 0 aliphatic carbocycles. The lowest BCUT2D eigenvalue weighted by Crippen LogP contribution is -2.36. The summed E-state index contributed by atoms with van der Waals surface area (Å²) >= 11 is 0. The van der Waals surface area contributed by atoms with Gasteiger partial charge in [-0.15, -0.1) is 0 Å². The smallest absolute Gasteiger partial charge is 0.323 e.